The lowest BCUT2D eigenvalue weighted by atomic mass is 9.93. The molecule has 0 saturated carbocycles. The maximum Gasteiger partial charge on any atom is 0.258 e. The standard InChI is InChI=1S/C30H30N4OS/c1-6-22-9-13-23(14-10-22)27-26(29-32-28(33-35-29)24-11-7-18(2)8-12-24)21(5)34(30(36)31-27)25-16-19(3)15-20(4)17-25/h7-17,27H,6H2,1-5H3,(H,31,36). The van der Waals surface area contributed by atoms with E-state index in [2.05, 4.69) is 105 Å². The Hall–Kier alpha value is -3.77. The first-order chi connectivity index (χ1) is 17.3. The van der Waals surface area contributed by atoms with E-state index in [1.165, 1.54) is 22.3 Å². The van der Waals surface area contributed by atoms with Crippen molar-refractivity contribution in [3.8, 4) is 11.4 Å². The summed E-state index contributed by atoms with van der Waals surface area (Å²) in [6.45, 7) is 10.5. The first-order valence-corrected chi connectivity index (χ1v) is 12.6. The van der Waals surface area contributed by atoms with Gasteiger partial charge in [-0.05, 0) is 80.7 Å². The van der Waals surface area contributed by atoms with Gasteiger partial charge in [0.25, 0.3) is 5.89 Å². The normalized spacial score (nSPS) is 15.9. The van der Waals surface area contributed by atoms with E-state index in [9.17, 15) is 0 Å². The molecular formula is C30H30N4OS. The largest absolute Gasteiger partial charge is 0.351 e. The molecule has 5 nitrogen and oxygen atoms in total. The Morgan fingerprint density at radius 2 is 1.56 bits per heavy atom. The predicted octanol–water partition coefficient (Wildman–Crippen LogP) is 7.09. The van der Waals surface area contributed by atoms with Crippen LogP contribution in [0.2, 0.25) is 0 Å². The van der Waals surface area contributed by atoms with Crippen LogP contribution in [0.3, 0.4) is 0 Å². The minimum absolute atomic E-state index is 0.211. The van der Waals surface area contributed by atoms with E-state index < -0.39 is 0 Å². The number of nitrogens with zero attached hydrogens (tertiary/aromatic N) is 3. The van der Waals surface area contributed by atoms with E-state index in [4.69, 9.17) is 21.7 Å². The molecule has 1 atom stereocenters. The smallest absolute Gasteiger partial charge is 0.258 e. The van der Waals surface area contributed by atoms with Crippen molar-refractivity contribution in [1.29, 1.82) is 0 Å². The topological polar surface area (TPSA) is 54.2 Å². The number of hydrogen-bond acceptors (Lipinski definition) is 4. The second-order valence-electron chi connectivity index (χ2n) is 9.45. The van der Waals surface area contributed by atoms with Crippen LogP contribution in [0.25, 0.3) is 17.0 Å². The maximum atomic E-state index is 5.91. The number of nitrogens with one attached hydrogen (secondary N) is 1. The highest BCUT2D eigenvalue weighted by Gasteiger charge is 2.35. The van der Waals surface area contributed by atoms with Crippen molar-refractivity contribution >= 4 is 28.6 Å². The molecule has 0 radical (unpaired) electrons. The quantitative estimate of drug-likeness (QED) is 0.299. The fraction of sp³-hybridized carbons (Fsp3) is 0.233. The van der Waals surface area contributed by atoms with Crippen LogP contribution < -0.4 is 10.2 Å². The third kappa shape index (κ3) is 4.56. The number of allylic oxidation sites excluding steroid dienone is 1. The number of aryl methyl sites for hydroxylation is 4. The monoisotopic (exact) mass is 494 g/mol. The Kier molecular flexibility index (Phi) is 6.46. The summed E-state index contributed by atoms with van der Waals surface area (Å²) in [4.78, 5) is 6.90. The van der Waals surface area contributed by atoms with Crippen molar-refractivity contribution in [2.45, 2.75) is 47.1 Å². The van der Waals surface area contributed by atoms with Crippen molar-refractivity contribution in [2.24, 2.45) is 0 Å². The van der Waals surface area contributed by atoms with Crippen molar-refractivity contribution in [3.05, 3.63) is 106 Å². The highest BCUT2D eigenvalue weighted by molar-refractivity contribution is 7.80. The molecule has 3 aromatic carbocycles. The Balaban J connectivity index is 1.65. The van der Waals surface area contributed by atoms with Gasteiger partial charge in [0.05, 0.1) is 11.6 Å². The predicted molar refractivity (Wildman–Crippen MR) is 150 cm³/mol. The first kappa shape index (κ1) is 23.9. The minimum Gasteiger partial charge on any atom is -0.351 e. The molecule has 0 aliphatic carbocycles. The van der Waals surface area contributed by atoms with Gasteiger partial charge in [0, 0.05) is 16.9 Å². The van der Waals surface area contributed by atoms with Gasteiger partial charge >= 0.3 is 0 Å². The van der Waals surface area contributed by atoms with Crippen molar-refractivity contribution in [3.63, 3.8) is 0 Å². The fourth-order valence-electron chi connectivity index (χ4n) is 4.76. The molecule has 1 unspecified atom stereocenters. The Morgan fingerprint density at radius 1 is 0.889 bits per heavy atom. The van der Waals surface area contributed by atoms with E-state index in [1.807, 2.05) is 12.1 Å². The van der Waals surface area contributed by atoms with E-state index in [1.54, 1.807) is 0 Å². The van der Waals surface area contributed by atoms with E-state index in [0.29, 0.717) is 16.8 Å². The summed E-state index contributed by atoms with van der Waals surface area (Å²) in [5.41, 5.74) is 9.74. The van der Waals surface area contributed by atoms with Crippen LogP contribution in [0.4, 0.5) is 5.69 Å². The molecule has 1 aliphatic heterocycles. The van der Waals surface area contributed by atoms with Gasteiger partial charge in [-0.3, -0.25) is 4.90 Å². The molecule has 36 heavy (non-hydrogen) atoms. The Morgan fingerprint density at radius 3 is 2.19 bits per heavy atom. The highest BCUT2D eigenvalue weighted by atomic mass is 32.1. The molecule has 2 heterocycles. The zero-order valence-corrected chi connectivity index (χ0v) is 22.1. The third-order valence-corrected chi connectivity index (χ3v) is 6.94. The maximum absolute atomic E-state index is 5.91. The lowest BCUT2D eigenvalue weighted by Crippen LogP contribution is -2.46. The number of hydrogen-bond donors (Lipinski definition) is 1. The Labute approximate surface area is 217 Å². The first-order valence-electron chi connectivity index (χ1n) is 12.2. The molecule has 1 N–H and O–H groups in total. The molecule has 1 aromatic heterocycles. The van der Waals surface area contributed by atoms with Gasteiger partial charge in [0.15, 0.2) is 5.11 Å². The van der Waals surface area contributed by atoms with Gasteiger partial charge in [-0.2, -0.15) is 4.98 Å². The van der Waals surface area contributed by atoms with Crippen LogP contribution in [0.15, 0.2) is 77.0 Å². The van der Waals surface area contributed by atoms with Gasteiger partial charge < -0.3 is 9.84 Å². The van der Waals surface area contributed by atoms with Crippen LogP contribution >= 0.6 is 12.2 Å². The lowest BCUT2D eigenvalue weighted by molar-refractivity contribution is 0.404. The summed E-state index contributed by atoms with van der Waals surface area (Å²) in [6.07, 6.45) is 0.989. The minimum atomic E-state index is -0.211. The van der Waals surface area contributed by atoms with Crippen LogP contribution in [0, 0.1) is 20.8 Å². The fourth-order valence-corrected chi connectivity index (χ4v) is 5.12. The average Bonchev–Trinajstić information content (AvgIpc) is 3.33. The van der Waals surface area contributed by atoms with E-state index in [-0.39, 0.29) is 6.04 Å². The molecule has 6 heteroatoms. The molecule has 0 amide bonds. The molecule has 4 aromatic rings. The zero-order valence-electron chi connectivity index (χ0n) is 21.3. The van der Waals surface area contributed by atoms with Crippen LogP contribution in [0.5, 0.6) is 0 Å². The summed E-state index contributed by atoms with van der Waals surface area (Å²) < 4.78 is 5.89. The van der Waals surface area contributed by atoms with Crippen LogP contribution in [-0.4, -0.2) is 15.3 Å². The number of benzene rings is 3. The molecule has 0 spiro atoms. The molecule has 182 valence electrons. The number of rotatable bonds is 5. The molecule has 5 rings (SSSR count). The molecule has 0 fully saturated rings. The van der Waals surface area contributed by atoms with Gasteiger partial charge in [-0.1, -0.05) is 72.2 Å². The van der Waals surface area contributed by atoms with E-state index >= 15 is 0 Å². The van der Waals surface area contributed by atoms with Gasteiger partial charge in [0.1, 0.15) is 0 Å². The van der Waals surface area contributed by atoms with Crippen molar-refractivity contribution in [2.75, 3.05) is 4.90 Å². The van der Waals surface area contributed by atoms with Crippen molar-refractivity contribution in [1.82, 2.24) is 15.5 Å². The number of anilines is 1. The lowest BCUT2D eigenvalue weighted by Gasteiger charge is -2.37. The molecular weight excluding hydrogens is 464 g/mol. The number of thiocarbonyl (C=S) groups is 1. The van der Waals surface area contributed by atoms with Gasteiger partial charge in [0.2, 0.25) is 5.82 Å². The van der Waals surface area contributed by atoms with Crippen molar-refractivity contribution < 1.29 is 4.52 Å². The summed E-state index contributed by atoms with van der Waals surface area (Å²) in [5.74, 6) is 1.05. The second kappa shape index (κ2) is 9.70. The summed E-state index contributed by atoms with van der Waals surface area (Å²) in [7, 11) is 0. The second-order valence-corrected chi connectivity index (χ2v) is 9.83. The van der Waals surface area contributed by atoms with Gasteiger partial charge in [-0.25, -0.2) is 0 Å². The summed E-state index contributed by atoms with van der Waals surface area (Å²) >= 11 is 5.91. The zero-order chi connectivity index (χ0) is 25.4. The Bertz CT molecular complexity index is 1430. The number of aromatic nitrogens is 2. The van der Waals surface area contributed by atoms with E-state index in [0.717, 1.165) is 34.5 Å². The molecule has 0 saturated heterocycles. The SMILES string of the molecule is CCc1ccc(C2NC(=S)N(c3cc(C)cc(C)c3)C(C)=C2c2nc(-c3ccc(C)cc3)no2)cc1. The average molecular weight is 495 g/mol. The van der Waals surface area contributed by atoms with Crippen LogP contribution in [0.1, 0.15) is 53.6 Å². The molecule has 0 bridgehead atoms. The summed E-state index contributed by atoms with van der Waals surface area (Å²) in [5, 5.41) is 8.53. The highest BCUT2D eigenvalue weighted by Crippen LogP contribution is 2.39. The summed E-state index contributed by atoms with van der Waals surface area (Å²) in [6, 6.07) is 23.0. The third-order valence-electron chi connectivity index (χ3n) is 6.64. The van der Waals surface area contributed by atoms with Crippen LogP contribution in [-0.2, 0) is 6.42 Å². The van der Waals surface area contributed by atoms with Gasteiger partial charge in [-0.15, -0.1) is 0 Å². The molecule has 1 aliphatic rings.